The Labute approximate surface area is 64.7 Å². The van der Waals surface area contributed by atoms with E-state index in [0.29, 0.717) is 0 Å². The fourth-order valence-electron chi connectivity index (χ4n) is 0.667. The summed E-state index contributed by atoms with van der Waals surface area (Å²) in [5, 5.41) is 10.9. The molecule has 0 bridgehead atoms. The maximum absolute atomic E-state index is 8.05. The van der Waals surface area contributed by atoms with Crippen LogP contribution >= 0.6 is 0 Å². The lowest BCUT2D eigenvalue weighted by atomic mass is 10.2. The Morgan fingerprint density at radius 3 is 2.73 bits per heavy atom. The van der Waals surface area contributed by atoms with Crippen LogP contribution in [0, 0.1) is 0 Å². The van der Waals surface area contributed by atoms with Gasteiger partial charge in [0, 0.05) is 12.4 Å². The highest BCUT2D eigenvalue weighted by atomic mass is 16.4. The highest BCUT2D eigenvalue weighted by molar-refractivity contribution is 5.77. The number of aromatic nitrogens is 1. The van der Waals surface area contributed by atoms with Gasteiger partial charge in [-0.15, -0.1) is 0 Å². The van der Waals surface area contributed by atoms with Crippen LogP contribution in [0.15, 0.2) is 35.8 Å². The van der Waals surface area contributed by atoms with Gasteiger partial charge < -0.3 is 5.21 Å². The molecule has 1 N–H and O–H groups in total. The molecule has 0 fully saturated rings. The zero-order chi connectivity index (χ0) is 7.94. The summed E-state index contributed by atoms with van der Waals surface area (Å²) in [6.07, 6.45) is 8.18. The molecule has 3 heteroatoms. The molecule has 0 aliphatic rings. The minimum Gasteiger partial charge on any atom is -0.411 e. The maximum atomic E-state index is 8.05. The highest BCUT2D eigenvalue weighted by Crippen LogP contribution is 1.97. The number of hydrogen-bond donors (Lipinski definition) is 1. The summed E-state index contributed by atoms with van der Waals surface area (Å²) in [5.41, 5.74) is 1.03. The predicted molar refractivity (Wildman–Crippen MR) is 43.5 cm³/mol. The molecule has 0 aliphatic carbocycles. The van der Waals surface area contributed by atoms with Crippen molar-refractivity contribution in [3.63, 3.8) is 0 Å². The van der Waals surface area contributed by atoms with Crippen LogP contribution in [0.25, 0.3) is 6.08 Å². The number of pyridine rings is 1. The van der Waals surface area contributed by atoms with Gasteiger partial charge in [-0.2, -0.15) is 0 Å². The van der Waals surface area contributed by atoms with Gasteiger partial charge >= 0.3 is 0 Å². The molecular weight excluding hydrogens is 140 g/mol. The average Bonchev–Trinajstić information content (AvgIpc) is 2.07. The normalized spacial score (nSPS) is 11.3. The largest absolute Gasteiger partial charge is 0.411 e. The van der Waals surface area contributed by atoms with E-state index in [-0.39, 0.29) is 0 Å². The molecule has 0 saturated heterocycles. The van der Waals surface area contributed by atoms with Crippen molar-refractivity contribution in [2.45, 2.75) is 0 Å². The topological polar surface area (TPSA) is 45.5 Å². The lowest BCUT2D eigenvalue weighted by molar-refractivity contribution is 0.322. The highest BCUT2D eigenvalue weighted by Gasteiger charge is 1.79. The van der Waals surface area contributed by atoms with Crippen LogP contribution in [0.3, 0.4) is 0 Å². The van der Waals surface area contributed by atoms with Crippen molar-refractivity contribution in [1.29, 1.82) is 0 Å². The first-order chi connectivity index (χ1) is 5.43. The molecule has 0 aliphatic heterocycles. The first-order valence-corrected chi connectivity index (χ1v) is 3.17. The van der Waals surface area contributed by atoms with E-state index >= 15 is 0 Å². The van der Waals surface area contributed by atoms with Crippen molar-refractivity contribution in [3.05, 3.63) is 36.2 Å². The van der Waals surface area contributed by atoms with E-state index < -0.39 is 0 Å². The van der Waals surface area contributed by atoms with E-state index in [1.807, 2.05) is 18.2 Å². The van der Waals surface area contributed by atoms with E-state index in [4.69, 9.17) is 5.21 Å². The molecular formula is C8H8N2O. The van der Waals surface area contributed by atoms with Crippen LogP contribution in [-0.4, -0.2) is 16.4 Å². The summed E-state index contributed by atoms with van der Waals surface area (Å²) >= 11 is 0. The number of allylic oxidation sites excluding steroid dienone is 1. The maximum Gasteiger partial charge on any atom is 0.0661 e. The van der Waals surface area contributed by atoms with Crippen LogP contribution in [0.5, 0.6) is 0 Å². The Hall–Kier alpha value is -1.64. The molecule has 3 nitrogen and oxygen atoms in total. The molecule has 0 amide bonds. The van der Waals surface area contributed by atoms with Crippen molar-refractivity contribution in [2.24, 2.45) is 5.16 Å². The molecule has 1 aromatic rings. The third-order valence-electron chi connectivity index (χ3n) is 1.15. The summed E-state index contributed by atoms with van der Waals surface area (Å²) in [4.78, 5) is 3.86. The van der Waals surface area contributed by atoms with Crippen molar-refractivity contribution in [1.82, 2.24) is 4.98 Å². The lowest BCUT2D eigenvalue weighted by Crippen LogP contribution is -1.72. The Bertz CT molecular complexity index is 254. The first kappa shape index (κ1) is 7.47. The minimum atomic E-state index is 1.03. The number of hydrogen-bond acceptors (Lipinski definition) is 3. The first-order valence-electron chi connectivity index (χ1n) is 3.17. The zero-order valence-electron chi connectivity index (χ0n) is 5.88. The van der Waals surface area contributed by atoms with Gasteiger partial charge in [0.25, 0.3) is 0 Å². The molecule has 56 valence electrons. The number of oxime groups is 1. The van der Waals surface area contributed by atoms with E-state index in [0.717, 1.165) is 5.56 Å². The second kappa shape index (κ2) is 4.22. The summed E-state index contributed by atoms with van der Waals surface area (Å²) in [5.74, 6) is 0. The van der Waals surface area contributed by atoms with Crippen molar-refractivity contribution in [2.75, 3.05) is 0 Å². The quantitative estimate of drug-likeness (QED) is 0.393. The molecule has 0 spiro atoms. The molecule has 0 unspecified atom stereocenters. The van der Waals surface area contributed by atoms with Crippen molar-refractivity contribution in [3.8, 4) is 0 Å². The van der Waals surface area contributed by atoms with Gasteiger partial charge in [0.15, 0.2) is 0 Å². The molecule has 1 aromatic heterocycles. The van der Waals surface area contributed by atoms with E-state index in [1.165, 1.54) is 6.21 Å². The molecule has 0 saturated carbocycles. The minimum absolute atomic E-state index is 1.03. The lowest BCUT2D eigenvalue weighted by Gasteiger charge is -1.86. The molecule has 0 radical (unpaired) electrons. The van der Waals surface area contributed by atoms with Gasteiger partial charge in [0.2, 0.25) is 0 Å². The van der Waals surface area contributed by atoms with Gasteiger partial charge in [-0.3, -0.25) is 4.98 Å². The Balaban J connectivity index is 2.64. The van der Waals surface area contributed by atoms with E-state index in [1.54, 1.807) is 18.5 Å². The van der Waals surface area contributed by atoms with E-state index in [2.05, 4.69) is 10.1 Å². The predicted octanol–water partition coefficient (Wildman–Crippen LogP) is 1.55. The standard InChI is InChI=1S/C8H8N2O/c11-10-5-1-2-8-3-6-9-7-4-8/h1-7,11H/b2-1+,10-5-. The molecule has 0 atom stereocenters. The number of nitrogens with zero attached hydrogens (tertiary/aromatic N) is 2. The Morgan fingerprint density at radius 2 is 2.09 bits per heavy atom. The van der Waals surface area contributed by atoms with Gasteiger partial charge in [-0.25, -0.2) is 0 Å². The summed E-state index contributed by atoms with van der Waals surface area (Å²) in [6, 6.07) is 3.73. The van der Waals surface area contributed by atoms with E-state index in [9.17, 15) is 0 Å². The smallest absolute Gasteiger partial charge is 0.0661 e. The zero-order valence-corrected chi connectivity index (χ0v) is 5.88. The van der Waals surface area contributed by atoms with Crippen LogP contribution in [0.1, 0.15) is 5.56 Å². The second-order valence-corrected chi connectivity index (χ2v) is 1.90. The molecule has 0 aromatic carbocycles. The summed E-state index contributed by atoms with van der Waals surface area (Å²) in [7, 11) is 0. The van der Waals surface area contributed by atoms with Gasteiger partial charge in [-0.1, -0.05) is 11.2 Å². The second-order valence-electron chi connectivity index (χ2n) is 1.90. The number of rotatable bonds is 2. The fourth-order valence-corrected chi connectivity index (χ4v) is 0.667. The van der Waals surface area contributed by atoms with Gasteiger partial charge in [0.05, 0.1) is 6.21 Å². The van der Waals surface area contributed by atoms with Crippen LogP contribution in [0.2, 0.25) is 0 Å². The third-order valence-corrected chi connectivity index (χ3v) is 1.15. The third kappa shape index (κ3) is 2.62. The van der Waals surface area contributed by atoms with Gasteiger partial charge in [-0.05, 0) is 23.8 Å². The Morgan fingerprint density at radius 1 is 1.36 bits per heavy atom. The monoisotopic (exact) mass is 148 g/mol. The molecule has 11 heavy (non-hydrogen) atoms. The van der Waals surface area contributed by atoms with Crippen molar-refractivity contribution < 1.29 is 5.21 Å². The summed E-state index contributed by atoms with van der Waals surface area (Å²) in [6.45, 7) is 0. The molecule has 1 heterocycles. The van der Waals surface area contributed by atoms with Crippen molar-refractivity contribution >= 4 is 12.3 Å². The fraction of sp³-hybridized carbons (Fsp3) is 0. The van der Waals surface area contributed by atoms with Crippen LogP contribution in [-0.2, 0) is 0 Å². The average molecular weight is 148 g/mol. The summed E-state index contributed by atoms with van der Waals surface area (Å²) < 4.78 is 0. The SMILES string of the molecule is O/N=C\C=C\c1ccncc1. The van der Waals surface area contributed by atoms with Gasteiger partial charge in [0.1, 0.15) is 0 Å². The van der Waals surface area contributed by atoms with Crippen LogP contribution in [0.4, 0.5) is 0 Å². The van der Waals surface area contributed by atoms with Crippen LogP contribution < -0.4 is 0 Å². The molecule has 1 rings (SSSR count). The Kier molecular flexibility index (Phi) is 2.86.